The Bertz CT molecular complexity index is 301. The molecule has 90 valence electrons. The molecule has 1 rings (SSSR count). The second-order valence-corrected chi connectivity index (χ2v) is 4.24. The molecule has 0 fully saturated rings. The first-order valence-electron chi connectivity index (χ1n) is 6.18. The van der Waals surface area contributed by atoms with E-state index in [4.69, 9.17) is 10.5 Å². The van der Waals surface area contributed by atoms with Gasteiger partial charge in [0.2, 0.25) is 0 Å². The van der Waals surface area contributed by atoms with Crippen molar-refractivity contribution in [1.82, 2.24) is 0 Å². The highest BCUT2D eigenvalue weighted by Gasteiger charge is 2.22. The SMILES string of the molecule is CCCOc1ccc(C(N)(CC)CC)cc1. The van der Waals surface area contributed by atoms with E-state index in [1.807, 2.05) is 12.1 Å². The van der Waals surface area contributed by atoms with Gasteiger partial charge in [0.25, 0.3) is 0 Å². The zero-order chi connectivity index (χ0) is 12.0. The fourth-order valence-corrected chi connectivity index (χ4v) is 1.76. The Labute approximate surface area is 98.8 Å². The zero-order valence-electron chi connectivity index (χ0n) is 10.6. The topological polar surface area (TPSA) is 35.2 Å². The van der Waals surface area contributed by atoms with E-state index in [1.165, 1.54) is 5.56 Å². The van der Waals surface area contributed by atoms with Crippen molar-refractivity contribution in [1.29, 1.82) is 0 Å². The van der Waals surface area contributed by atoms with Crippen LogP contribution in [0.1, 0.15) is 45.6 Å². The molecule has 0 aliphatic rings. The van der Waals surface area contributed by atoms with Crippen LogP contribution in [-0.2, 0) is 5.54 Å². The lowest BCUT2D eigenvalue weighted by atomic mass is 9.86. The van der Waals surface area contributed by atoms with Gasteiger partial charge in [-0.25, -0.2) is 0 Å². The van der Waals surface area contributed by atoms with Crippen LogP contribution in [0.15, 0.2) is 24.3 Å². The van der Waals surface area contributed by atoms with Crippen LogP contribution in [0.4, 0.5) is 0 Å². The van der Waals surface area contributed by atoms with Crippen molar-refractivity contribution in [3.63, 3.8) is 0 Å². The van der Waals surface area contributed by atoms with Gasteiger partial charge in [0.1, 0.15) is 5.75 Å². The molecule has 16 heavy (non-hydrogen) atoms. The van der Waals surface area contributed by atoms with Crippen molar-refractivity contribution in [3.8, 4) is 5.75 Å². The molecule has 2 heteroatoms. The maximum Gasteiger partial charge on any atom is 0.119 e. The minimum atomic E-state index is -0.191. The third-order valence-corrected chi connectivity index (χ3v) is 3.16. The number of hydrogen-bond donors (Lipinski definition) is 1. The second-order valence-electron chi connectivity index (χ2n) is 4.24. The lowest BCUT2D eigenvalue weighted by Crippen LogP contribution is -2.34. The molecular weight excluding hydrogens is 198 g/mol. The fourth-order valence-electron chi connectivity index (χ4n) is 1.76. The van der Waals surface area contributed by atoms with Crippen molar-refractivity contribution >= 4 is 0 Å². The predicted octanol–water partition coefficient (Wildman–Crippen LogP) is 3.45. The summed E-state index contributed by atoms with van der Waals surface area (Å²) in [7, 11) is 0. The molecule has 0 amide bonds. The molecule has 2 N–H and O–H groups in total. The van der Waals surface area contributed by atoms with E-state index in [2.05, 4.69) is 32.9 Å². The molecule has 0 unspecified atom stereocenters. The Kier molecular flexibility index (Phi) is 4.81. The summed E-state index contributed by atoms with van der Waals surface area (Å²) >= 11 is 0. The number of hydrogen-bond acceptors (Lipinski definition) is 2. The summed E-state index contributed by atoms with van der Waals surface area (Å²) in [6.07, 6.45) is 2.95. The van der Waals surface area contributed by atoms with E-state index in [-0.39, 0.29) is 5.54 Å². The Morgan fingerprint density at radius 1 is 1.06 bits per heavy atom. The Hall–Kier alpha value is -1.02. The first kappa shape index (κ1) is 13.0. The molecule has 0 atom stereocenters. The lowest BCUT2D eigenvalue weighted by molar-refractivity contribution is 0.317. The summed E-state index contributed by atoms with van der Waals surface area (Å²) < 4.78 is 5.55. The molecular formula is C14H23NO. The number of nitrogens with two attached hydrogens (primary N) is 1. The van der Waals surface area contributed by atoms with Gasteiger partial charge >= 0.3 is 0 Å². The molecule has 0 spiro atoms. The molecule has 0 saturated heterocycles. The van der Waals surface area contributed by atoms with Gasteiger partial charge in [0.15, 0.2) is 0 Å². The average molecular weight is 221 g/mol. The molecule has 0 radical (unpaired) electrons. The van der Waals surface area contributed by atoms with E-state index in [0.717, 1.165) is 31.6 Å². The van der Waals surface area contributed by atoms with Gasteiger partial charge in [-0.15, -0.1) is 0 Å². The Balaban J connectivity index is 2.77. The molecule has 0 aliphatic heterocycles. The van der Waals surface area contributed by atoms with Crippen molar-refractivity contribution < 1.29 is 4.74 Å². The van der Waals surface area contributed by atoms with Crippen LogP contribution < -0.4 is 10.5 Å². The van der Waals surface area contributed by atoms with Crippen LogP contribution >= 0.6 is 0 Å². The van der Waals surface area contributed by atoms with Crippen LogP contribution in [0.25, 0.3) is 0 Å². The monoisotopic (exact) mass is 221 g/mol. The van der Waals surface area contributed by atoms with Gasteiger partial charge < -0.3 is 10.5 Å². The van der Waals surface area contributed by atoms with E-state index in [9.17, 15) is 0 Å². The van der Waals surface area contributed by atoms with Gasteiger partial charge in [-0.1, -0.05) is 32.9 Å². The van der Waals surface area contributed by atoms with E-state index >= 15 is 0 Å². The molecule has 0 heterocycles. The summed E-state index contributed by atoms with van der Waals surface area (Å²) in [5.74, 6) is 0.931. The van der Waals surface area contributed by atoms with Crippen LogP contribution in [0.5, 0.6) is 5.75 Å². The zero-order valence-corrected chi connectivity index (χ0v) is 10.6. The molecule has 1 aromatic rings. The maximum absolute atomic E-state index is 6.33. The van der Waals surface area contributed by atoms with Gasteiger partial charge in [0.05, 0.1) is 6.61 Å². The average Bonchev–Trinajstić information content (AvgIpc) is 2.36. The van der Waals surface area contributed by atoms with Crippen LogP contribution in [-0.4, -0.2) is 6.61 Å². The smallest absolute Gasteiger partial charge is 0.119 e. The van der Waals surface area contributed by atoms with Crippen LogP contribution in [0, 0.1) is 0 Å². The fraction of sp³-hybridized carbons (Fsp3) is 0.571. The standard InChI is InChI=1S/C14H23NO/c1-4-11-16-13-9-7-12(8-10-13)14(15,5-2)6-3/h7-10H,4-6,11,15H2,1-3H3. The van der Waals surface area contributed by atoms with Gasteiger partial charge in [-0.05, 0) is 37.0 Å². The third kappa shape index (κ3) is 2.99. The first-order valence-corrected chi connectivity index (χ1v) is 6.18. The highest BCUT2D eigenvalue weighted by Crippen LogP contribution is 2.27. The molecule has 1 aromatic carbocycles. The van der Waals surface area contributed by atoms with Gasteiger partial charge in [-0.3, -0.25) is 0 Å². The number of benzene rings is 1. The minimum absolute atomic E-state index is 0.191. The van der Waals surface area contributed by atoms with Crippen molar-refractivity contribution in [2.45, 2.75) is 45.6 Å². The summed E-state index contributed by atoms with van der Waals surface area (Å²) in [5, 5.41) is 0. The van der Waals surface area contributed by atoms with Crippen LogP contribution in [0.2, 0.25) is 0 Å². The Morgan fingerprint density at radius 2 is 1.62 bits per heavy atom. The van der Waals surface area contributed by atoms with E-state index < -0.39 is 0 Å². The Morgan fingerprint density at radius 3 is 2.06 bits per heavy atom. The molecule has 0 bridgehead atoms. The van der Waals surface area contributed by atoms with Gasteiger partial charge in [0, 0.05) is 5.54 Å². The number of ether oxygens (including phenoxy) is 1. The molecule has 0 aromatic heterocycles. The lowest BCUT2D eigenvalue weighted by Gasteiger charge is -2.27. The summed E-state index contributed by atoms with van der Waals surface area (Å²) in [5.41, 5.74) is 7.33. The predicted molar refractivity (Wildman–Crippen MR) is 68.7 cm³/mol. The van der Waals surface area contributed by atoms with E-state index in [1.54, 1.807) is 0 Å². The summed E-state index contributed by atoms with van der Waals surface area (Å²) in [4.78, 5) is 0. The van der Waals surface area contributed by atoms with Crippen molar-refractivity contribution in [3.05, 3.63) is 29.8 Å². The molecule has 0 saturated carbocycles. The van der Waals surface area contributed by atoms with E-state index in [0.29, 0.717) is 0 Å². The highest BCUT2D eigenvalue weighted by molar-refractivity contribution is 5.31. The van der Waals surface area contributed by atoms with Crippen molar-refractivity contribution in [2.75, 3.05) is 6.61 Å². The first-order chi connectivity index (χ1) is 7.66. The highest BCUT2D eigenvalue weighted by atomic mass is 16.5. The normalized spacial score (nSPS) is 11.5. The van der Waals surface area contributed by atoms with Crippen molar-refractivity contribution in [2.24, 2.45) is 5.73 Å². The quantitative estimate of drug-likeness (QED) is 0.798. The third-order valence-electron chi connectivity index (χ3n) is 3.16. The minimum Gasteiger partial charge on any atom is -0.494 e. The molecule has 2 nitrogen and oxygen atoms in total. The second kappa shape index (κ2) is 5.90. The summed E-state index contributed by atoms with van der Waals surface area (Å²) in [6, 6.07) is 8.19. The largest absolute Gasteiger partial charge is 0.494 e. The number of rotatable bonds is 6. The molecule has 0 aliphatic carbocycles. The van der Waals surface area contributed by atoms with Crippen LogP contribution in [0.3, 0.4) is 0 Å². The summed E-state index contributed by atoms with van der Waals surface area (Å²) in [6.45, 7) is 7.14. The van der Waals surface area contributed by atoms with Gasteiger partial charge in [-0.2, -0.15) is 0 Å². The maximum atomic E-state index is 6.33.